The second kappa shape index (κ2) is 5.96. The minimum Gasteiger partial charge on any atom is -0.468 e. The van der Waals surface area contributed by atoms with Crippen LogP contribution in [0.1, 0.15) is 25.0 Å². The number of likely N-dealkylation sites (N-methyl/N-ethyl adjacent to an activating group) is 1. The predicted molar refractivity (Wildman–Crippen MR) is 82.9 cm³/mol. The van der Waals surface area contributed by atoms with E-state index in [1.807, 2.05) is 12.1 Å². The first-order chi connectivity index (χ1) is 10.4. The van der Waals surface area contributed by atoms with Crippen molar-refractivity contribution < 1.29 is 17.6 Å². The molecule has 0 radical (unpaired) electrons. The van der Waals surface area contributed by atoms with Gasteiger partial charge < -0.3 is 9.15 Å². The molecule has 2 saturated heterocycles. The van der Waals surface area contributed by atoms with Gasteiger partial charge in [0.25, 0.3) is 0 Å². The van der Waals surface area contributed by atoms with Crippen LogP contribution in [0, 0.1) is 0 Å². The van der Waals surface area contributed by atoms with Gasteiger partial charge in [-0.15, -0.1) is 0 Å². The fourth-order valence-electron chi connectivity index (χ4n) is 3.45. The van der Waals surface area contributed by atoms with E-state index in [2.05, 4.69) is 11.9 Å². The fourth-order valence-corrected chi connectivity index (χ4v) is 4.30. The van der Waals surface area contributed by atoms with E-state index in [1.165, 1.54) is 6.26 Å². The molecule has 6 nitrogen and oxygen atoms in total. The Hall–Kier alpha value is -0.890. The Balaban J connectivity index is 1.56. The van der Waals surface area contributed by atoms with E-state index in [4.69, 9.17) is 9.15 Å². The van der Waals surface area contributed by atoms with Crippen LogP contribution in [0.2, 0.25) is 0 Å². The normalized spacial score (nSPS) is 26.0. The van der Waals surface area contributed by atoms with Gasteiger partial charge in [0.2, 0.25) is 10.0 Å². The molecular weight excluding hydrogens is 304 g/mol. The van der Waals surface area contributed by atoms with E-state index in [-0.39, 0.29) is 5.60 Å². The van der Waals surface area contributed by atoms with E-state index >= 15 is 0 Å². The summed E-state index contributed by atoms with van der Waals surface area (Å²) in [6.45, 7) is 2.60. The highest BCUT2D eigenvalue weighted by molar-refractivity contribution is 7.88. The minimum absolute atomic E-state index is 0.150. The Kier molecular flexibility index (Phi) is 4.33. The molecule has 0 aromatic carbocycles. The number of piperidine rings is 1. The number of furan rings is 1. The molecule has 0 unspecified atom stereocenters. The van der Waals surface area contributed by atoms with Crippen molar-refractivity contribution in [1.29, 1.82) is 0 Å². The third kappa shape index (κ3) is 3.37. The molecule has 1 aromatic rings. The Labute approximate surface area is 132 Å². The summed E-state index contributed by atoms with van der Waals surface area (Å²) in [5.74, 6) is 0.954. The maximum atomic E-state index is 11.6. The molecule has 0 aliphatic carbocycles. The van der Waals surface area contributed by atoms with Crippen molar-refractivity contribution in [2.24, 2.45) is 0 Å². The quantitative estimate of drug-likeness (QED) is 0.833. The molecule has 0 saturated carbocycles. The summed E-state index contributed by atoms with van der Waals surface area (Å²) >= 11 is 0. The molecule has 1 atom stereocenters. The topological polar surface area (TPSA) is 63.0 Å². The molecule has 2 fully saturated rings. The van der Waals surface area contributed by atoms with Crippen molar-refractivity contribution in [3.63, 3.8) is 0 Å². The average Bonchev–Trinajstić information content (AvgIpc) is 3.09. The molecule has 124 valence electrons. The van der Waals surface area contributed by atoms with Gasteiger partial charge >= 0.3 is 0 Å². The summed E-state index contributed by atoms with van der Waals surface area (Å²) in [5.41, 5.74) is -0.150. The van der Waals surface area contributed by atoms with Crippen LogP contribution in [0.3, 0.4) is 0 Å². The van der Waals surface area contributed by atoms with Crippen LogP contribution in [0.15, 0.2) is 22.8 Å². The molecule has 0 N–H and O–H groups in total. The summed E-state index contributed by atoms with van der Waals surface area (Å²) in [7, 11) is -0.997. The number of ether oxygens (including phenoxy) is 1. The maximum absolute atomic E-state index is 11.6. The summed E-state index contributed by atoms with van der Waals surface area (Å²) in [6, 6.07) is 4.23. The third-order valence-corrected chi connectivity index (χ3v) is 6.20. The first-order valence-electron chi connectivity index (χ1n) is 7.70. The Morgan fingerprint density at radius 1 is 1.41 bits per heavy atom. The lowest BCUT2D eigenvalue weighted by Crippen LogP contribution is -2.46. The van der Waals surface area contributed by atoms with Gasteiger partial charge in [-0.2, -0.15) is 0 Å². The molecule has 22 heavy (non-hydrogen) atoms. The number of hydrogen-bond donors (Lipinski definition) is 0. The van der Waals surface area contributed by atoms with Crippen molar-refractivity contribution >= 4 is 10.0 Å². The van der Waals surface area contributed by atoms with Gasteiger partial charge in [0.1, 0.15) is 5.76 Å². The summed E-state index contributed by atoms with van der Waals surface area (Å²) < 4.78 is 36.3. The average molecular weight is 328 g/mol. The van der Waals surface area contributed by atoms with Gasteiger partial charge in [-0.05, 0) is 38.4 Å². The van der Waals surface area contributed by atoms with Crippen molar-refractivity contribution in [3.8, 4) is 0 Å². The summed E-state index contributed by atoms with van der Waals surface area (Å²) in [4.78, 5) is 2.26. The van der Waals surface area contributed by atoms with Crippen LogP contribution in [0.25, 0.3) is 0 Å². The molecular formula is C15H24N2O4S. The molecule has 7 heteroatoms. The SMILES string of the molecule is CN(Cc1ccco1)[C@@H]1COC2(CCN(S(C)(=O)=O)CC2)C1. The Bertz CT molecular complexity index is 591. The number of hydrogen-bond acceptors (Lipinski definition) is 5. The van der Waals surface area contributed by atoms with E-state index in [0.717, 1.165) is 31.6 Å². The number of rotatable bonds is 4. The van der Waals surface area contributed by atoms with E-state index in [0.29, 0.717) is 25.7 Å². The van der Waals surface area contributed by atoms with Crippen LogP contribution in [0.4, 0.5) is 0 Å². The second-order valence-electron chi connectivity index (χ2n) is 6.51. The Morgan fingerprint density at radius 3 is 2.73 bits per heavy atom. The second-order valence-corrected chi connectivity index (χ2v) is 8.49. The highest BCUT2D eigenvalue weighted by atomic mass is 32.2. The lowest BCUT2D eigenvalue weighted by molar-refractivity contribution is -0.0316. The largest absolute Gasteiger partial charge is 0.468 e. The smallest absolute Gasteiger partial charge is 0.211 e. The summed E-state index contributed by atoms with van der Waals surface area (Å²) in [5, 5.41) is 0. The van der Waals surface area contributed by atoms with Crippen LogP contribution in [0.5, 0.6) is 0 Å². The lowest BCUT2D eigenvalue weighted by Gasteiger charge is -2.37. The zero-order valence-electron chi connectivity index (χ0n) is 13.2. The van der Waals surface area contributed by atoms with E-state index in [1.54, 1.807) is 10.6 Å². The van der Waals surface area contributed by atoms with Gasteiger partial charge in [0.15, 0.2) is 0 Å². The van der Waals surface area contributed by atoms with Gasteiger partial charge in [-0.3, -0.25) is 4.90 Å². The van der Waals surface area contributed by atoms with Crippen LogP contribution in [-0.4, -0.2) is 62.3 Å². The standard InChI is InChI=1S/C15H24N2O4S/c1-16(11-14-4-3-9-20-14)13-10-15(21-12-13)5-7-17(8-6-15)22(2,18)19/h3-4,9,13H,5-8,10-12H2,1-2H3/t13-/m0/s1. The number of nitrogens with zero attached hydrogens (tertiary/aromatic N) is 2. The summed E-state index contributed by atoms with van der Waals surface area (Å²) in [6.07, 6.45) is 5.50. The highest BCUT2D eigenvalue weighted by Crippen LogP contribution is 2.38. The van der Waals surface area contributed by atoms with Gasteiger partial charge in [0.05, 0.1) is 31.3 Å². The van der Waals surface area contributed by atoms with Gasteiger partial charge in [0, 0.05) is 19.1 Å². The minimum atomic E-state index is -3.08. The molecule has 0 bridgehead atoms. The molecule has 1 spiro atoms. The zero-order chi connectivity index (χ0) is 15.8. The van der Waals surface area contributed by atoms with E-state index in [9.17, 15) is 8.42 Å². The fraction of sp³-hybridized carbons (Fsp3) is 0.733. The first kappa shape index (κ1) is 16.0. The monoisotopic (exact) mass is 328 g/mol. The molecule has 2 aliphatic rings. The zero-order valence-corrected chi connectivity index (χ0v) is 14.0. The van der Waals surface area contributed by atoms with Crippen molar-refractivity contribution in [2.75, 3.05) is 33.0 Å². The van der Waals surface area contributed by atoms with Crippen molar-refractivity contribution in [1.82, 2.24) is 9.21 Å². The van der Waals surface area contributed by atoms with Crippen LogP contribution < -0.4 is 0 Å². The maximum Gasteiger partial charge on any atom is 0.211 e. The Morgan fingerprint density at radius 2 is 2.14 bits per heavy atom. The first-order valence-corrected chi connectivity index (χ1v) is 9.55. The van der Waals surface area contributed by atoms with Crippen molar-refractivity contribution in [2.45, 2.75) is 37.5 Å². The van der Waals surface area contributed by atoms with Crippen molar-refractivity contribution in [3.05, 3.63) is 24.2 Å². The molecule has 3 heterocycles. The molecule has 3 rings (SSSR count). The van der Waals surface area contributed by atoms with Crippen LogP contribution in [-0.2, 0) is 21.3 Å². The third-order valence-electron chi connectivity index (χ3n) is 4.90. The molecule has 0 amide bonds. The highest BCUT2D eigenvalue weighted by Gasteiger charge is 2.44. The molecule has 2 aliphatic heterocycles. The van der Waals surface area contributed by atoms with Gasteiger partial charge in [-0.1, -0.05) is 0 Å². The molecule has 1 aromatic heterocycles. The lowest BCUT2D eigenvalue weighted by atomic mass is 9.88. The van der Waals surface area contributed by atoms with Crippen LogP contribution >= 0.6 is 0 Å². The number of sulfonamides is 1. The van der Waals surface area contributed by atoms with Gasteiger partial charge in [-0.25, -0.2) is 12.7 Å². The predicted octanol–water partition coefficient (Wildman–Crippen LogP) is 1.29. The van der Waals surface area contributed by atoms with E-state index < -0.39 is 10.0 Å².